The van der Waals surface area contributed by atoms with E-state index in [1.807, 2.05) is 13.0 Å². The number of nitrogens with one attached hydrogen (secondary N) is 1. The molecule has 3 rings (SSSR count). The van der Waals surface area contributed by atoms with E-state index in [0.29, 0.717) is 10.8 Å². The lowest BCUT2D eigenvalue weighted by atomic mass is 9.67. The molecule has 0 bridgehead atoms. The number of anilines is 1. The van der Waals surface area contributed by atoms with E-state index >= 15 is 0 Å². The highest BCUT2D eigenvalue weighted by molar-refractivity contribution is 6.32. The van der Waals surface area contributed by atoms with Crippen LogP contribution in [0.2, 0.25) is 5.15 Å². The van der Waals surface area contributed by atoms with E-state index in [-0.39, 0.29) is 11.8 Å². The van der Waals surface area contributed by atoms with Gasteiger partial charge in [0.15, 0.2) is 5.15 Å². The Labute approximate surface area is 131 Å². The smallest absolute Gasteiger partial charge is 0.227 e. The lowest BCUT2D eigenvalue weighted by Gasteiger charge is -2.38. The third-order valence-corrected chi connectivity index (χ3v) is 5.45. The summed E-state index contributed by atoms with van der Waals surface area (Å²) in [7, 11) is 0. The van der Waals surface area contributed by atoms with Crippen LogP contribution in [0.4, 0.5) is 5.69 Å². The fraction of sp³-hybridized carbons (Fsp3) is 0.647. The summed E-state index contributed by atoms with van der Waals surface area (Å²) in [4.78, 5) is 16.6. The largest absolute Gasteiger partial charge is 0.323 e. The van der Waals surface area contributed by atoms with Gasteiger partial charge in [-0.15, -0.1) is 0 Å². The zero-order valence-corrected chi connectivity index (χ0v) is 13.3. The SMILES string of the molecule is Cc1cnc(Cl)c(NC(=O)C2CCC3CCCCC3C2)c1. The third kappa shape index (κ3) is 3.39. The van der Waals surface area contributed by atoms with E-state index in [0.717, 1.165) is 30.2 Å². The third-order valence-electron chi connectivity index (χ3n) is 5.14. The van der Waals surface area contributed by atoms with Gasteiger partial charge >= 0.3 is 0 Å². The Kier molecular flexibility index (Phi) is 4.48. The summed E-state index contributed by atoms with van der Waals surface area (Å²) < 4.78 is 0. The van der Waals surface area contributed by atoms with Crippen LogP contribution in [0.1, 0.15) is 50.5 Å². The fourth-order valence-corrected chi connectivity index (χ4v) is 4.14. The first-order valence-corrected chi connectivity index (χ1v) is 8.44. The van der Waals surface area contributed by atoms with Crippen LogP contribution < -0.4 is 5.32 Å². The summed E-state index contributed by atoms with van der Waals surface area (Å²) in [5.74, 6) is 1.88. The van der Waals surface area contributed by atoms with E-state index < -0.39 is 0 Å². The normalized spacial score (nSPS) is 28.8. The number of rotatable bonds is 2. The summed E-state index contributed by atoms with van der Waals surface area (Å²) in [6.45, 7) is 1.95. The zero-order valence-electron chi connectivity index (χ0n) is 12.6. The van der Waals surface area contributed by atoms with Gasteiger partial charge in [0.2, 0.25) is 5.91 Å². The first-order valence-electron chi connectivity index (χ1n) is 8.06. The molecule has 2 aliphatic rings. The van der Waals surface area contributed by atoms with Crippen molar-refractivity contribution in [1.82, 2.24) is 4.98 Å². The zero-order chi connectivity index (χ0) is 14.8. The predicted molar refractivity (Wildman–Crippen MR) is 85.4 cm³/mol. The number of aryl methyl sites for hydroxylation is 1. The maximum Gasteiger partial charge on any atom is 0.227 e. The molecule has 1 heterocycles. The Balaban J connectivity index is 1.64. The van der Waals surface area contributed by atoms with E-state index in [2.05, 4.69) is 10.3 Å². The molecule has 0 aromatic carbocycles. The van der Waals surface area contributed by atoms with E-state index in [9.17, 15) is 4.79 Å². The van der Waals surface area contributed by atoms with E-state index in [1.54, 1.807) is 6.20 Å². The molecule has 0 spiro atoms. The highest BCUT2D eigenvalue weighted by Gasteiger charge is 2.35. The molecular weight excluding hydrogens is 284 g/mol. The molecule has 3 unspecified atom stereocenters. The Morgan fingerprint density at radius 1 is 1.24 bits per heavy atom. The maximum atomic E-state index is 12.5. The highest BCUT2D eigenvalue weighted by atomic mass is 35.5. The van der Waals surface area contributed by atoms with Gasteiger partial charge in [0.05, 0.1) is 5.69 Å². The van der Waals surface area contributed by atoms with Crippen molar-refractivity contribution in [3.63, 3.8) is 0 Å². The molecule has 1 aromatic rings. The number of hydrogen-bond acceptors (Lipinski definition) is 2. The molecule has 0 radical (unpaired) electrons. The molecule has 1 amide bonds. The minimum atomic E-state index is 0.119. The summed E-state index contributed by atoms with van der Waals surface area (Å²) in [5, 5.41) is 3.36. The van der Waals surface area contributed by atoms with E-state index in [1.165, 1.54) is 32.1 Å². The molecule has 0 saturated heterocycles. The topological polar surface area (TPSA) is 42.0 Å². The summed E-state index contributed by atoms with van der Waals surface area (Å²) in [6.07, 6.45) is 10.4. The number of fused-ring (bicyclic) bond motifs is 1. The molecule has 3 nitrogen and oxygen atoms in total. The summed E-state index contributed by atoms with van der Waals surface area (Å²) in [6, 6.07) is 1.89. The number of amides is 1. The molecule has 114 valence electrons. The number of halogens is 1. The monoisotopic (exact) mass is 306 g/mol. The van der Waals surface area contributed by atoms with Gasteiger partial charge in [-0.05, 0) is 49.7 Å². The van der Waals surface area contributed by atoms with Crippen molar-refractivity contribution < 1.29 is 4.79 Å². The minimum Gasteiger partial charge on any atom is -0.323 e. The Hall–Kier alpha value is -1.09. The lowest BCUT2D eigenvalue weighted by Crippen LogP contribution is -2.33. The maximum absolute atomic E-state index is 12.5. The van der Waals surface area contributed by atoms with Crippen molar-refractivity contribution in [3.8, 4) is 0 Å². The molecule has 21 heavy (non-hydrogen) atoms. The summed E-state index contributed by atoms with van der Waals surface area (Å²) in [5.41, 5.74) is 1.65. The van der Waals surface area contributed by atoms with Crippen molar-refractivity contribution in [1.29, 1.82) is 0 Å². The quantitative estimate of drug-likeness (QED) is 0.812. The number of carbonyl (C=O) groups excluding carboxylic acids is 1. The van der Waals surface area contributed by atoms with Crippen LogP contribution in [0.15, 0.2) is 12.3 Å². The van der Waals surface area contributed by atoms with Crippen LogP contribution in [0, 0.1) is 24.7 Å². The predicted octanol–water partition coefficient (Wildman–Crippen LogP) is 4.59. The number of aromatic nitrogens is 1. The minimum absolute atomic E-state index is 0.119. The summed E-state index contributed by atoms with van der Waals surface area (Å²) >= 11 is 6.06. The van der Waals surface area contributed by atoms with Gasteiger partial charge in [0.1, 0.15) is 0 Å². The van der Waals surface area contributed by atoms with E-state index in [4.69, 9.17) is 11.6 Å². The van der Waals surface area contributed by atoms with Gasteiger partial charge in [0.25, 0.3) is 0 Å². The highest BCUT2D eigenvalue weighted by Crippen LogP contribution is 2.43. The Morgan fingerprint density at radius 3 is 2.81 bits per heavy atom. The second kappa shape index (κ2) is 6.35. The molecular formula is C17H23ClN2O. The number of hydrogen-bond donors (Lipinski definition) is 1. The number of nitrogens with zero attached hydrogens (tertiary/aromatic N) is 1. The fourth-order valence-electron chi connectivity index (χ4n) is 3.99. The Bertz CT molecular complexity index is 532. The first-order chi connectivity index (χ1) is 10.1. The average molecular weight is 307 g/mol. The van der Waals surface area contributed by atoms with Crippen LogP contribution in [0.5, 0.6) is 0 Å². The van der Waals surface area contributed by atoms with Crippen molar-refractivity contribution in [2.24, 2.45) is 17.8 Å². The second-order valence-corrected chi connectivity index (χ2v) is 7.01. The first kappa shape index (κ1) is 14.8. The number of pyridine rings is 1. The molecule has 1 aromatic heterocycles. The van der Waals surface area contributed by atoms with Gasteiger partial charge in [-0.1, -0.05) is 37.3 Å². The lowest BCUT2D eigenvalue weighted by molar-refractivity contribution is -0.122. The van der Waals surface area contributed by atoms with Crippen LogP contribution in [0.25, 0.3) is 0 Å². The Morgan fingerprint density at radius 2 is 2.00 bits per heavy atom. The number of carbonyl (C=O) groups is 1. The molecule has 2 fully saturated rings. The molecule has 1 N–H and O–H groups in total. The van der Waals surface area contributed by atoms with Gasteiger partial charge in [-0.25, -0.2) is 4.98 Å². The van der Waals surface area contributed by atoms with Crippen LogP contribution in [0.3, 0.4) is 0 Å². The van der Waals surface area contributed by atoms with Gasteiger partial charge in [0, 0.05) is 12.1 Å². The second-order valence-electron chi connectivity index (χ2n) is 6.65. The van der Waals surface area contributed by atoms with Crippen molar-refractivity contribution in [2.75, 3.05) is 5.32 Å². The van der Waals surface area contributed by atoms with Crippen LogP contribution >= 0.6 is 11.6 Å². The molecule has 0 aliphatic heterocycles. The standard InChI is InChI=1S/C17H23ClN2O/c1-11-8-15(16(18)19-10-11)20-17(21)14-7-6-12-4-2-3-5-13(12)9-14/h8,10,12-14H,2-7,9H2,1H3,(H,20,21). The molecule has 4 heteroatoms. The van der Waals surface area contributed by atoms with Crippen molar-refractivity contribution in [2.45, 2.75) is 51.9 Å². The van der Waals surface area contributed by atoms with Crippen LogP contribution in [-0.4, -0.2) is 10.9 Å². The van der Waals surface area contributed by atoms with Crippen molar-refractivity contribution in [3.05, 3.63) is 23.0 Å². The van der Waals surface area contributed by atoms with Crippen LogP contribution in [-0.2, 0) is 4.79 Å². The van der Waals surface area contributed by atoms with Gasteiger partial charge in [-0.3, -0.25) is 4.79 Å². The molecule has 3 atom stereocenters. The van der Waals surface area contributed by atoms with Crippen molar-refractivity contribution >= 4 is 23.2 Å². The molecule has 2 saturated carbocycles. The van der Waals surface area contributed by atoms with Gasteiger partial charge < -0.3 is 5.32 Å². The average Bonchev–Trinajstić information content (AvgIpc) is 2.50. The molecule has 2 aliphatic carbocycles. The van der Waals surface area contributed by atoms with Gasteiger partial charge in [-0.2, -0.15) is 0 Å².